The van der Waals surface area contributed by atoms with Crippen LogP contribution in [0.5, 0.6) is 5.75 Å². The summed E-state index contributed by atoms with van der Waals surface area (Å²) in [5.41, 5.74) is 4.43. The summed E-state index contributed by atoms with van der Waals surface area (Å²) in [6.45, 7) is 4.62. The molecule has 4 nitrogen and oxygen atoms in total. The largest absolute Gasteiger partial charge is 0.493 e. The topological polar surface area (TPSA) is 39.9 Å². The summed E-state index contributed by atoms with van der Waals surface area (Å²) in [6, 6.07) is 22.7. The monoisotopic (exact) mass is 419 g/mol. The highest BCUT2D eigenvalue weighted by Crippen LogP contribution is 2.28. The molecule has 0 unspecified atom stereocenters. The molecule has 0 spiro atoms. The van der Waals surface area contributed by atoms with E-state index in [1.165, 1.54) is 23.3 Å². The molecule has 6 heteroatoms. The molecule has 4 rings (SSSR count). The van der Waals surface area contributed by atoms with Crippen molar-refractivity contribution >= 4 is 11.8 Å². The molecule has 1 aromatic heterocycles. The van der Waals surface area contributed by atoms with E-state index in [0.29, 0.717) is 18.1 Å². The van der Waals surface area contributed by atoms with Gasteiger partial charge in [0.15, 0.2) is 11.0 Å². The lowest BCUT2D eigenvalue weighted by Crippen LogP contribution is -2.03. The Morgan fingerprint density at radius 1 is 0.833 bits per heavy atom. The van der Waals surface area contributed by atoms with Crippen LogP contribution in [0.25, 0.3) is 17.1 Å². The van der Waals surface area contributed by atoms with E-state index in [2.05, 4.69) is 77.1 Å². The van der Waals surface area contributed by atoms with Gasteiger partial charge in [-0.3, -0.25) is 4.57 Å². The van der Waals surface area contributed by atoms with Crippen LogP contribution in [0.3, 0.4) is 0 Å². The third-order valence-electron chi connectivity index (χ3n) is 4.63. The first kappa shape index (κ1) is 20.2. The van der Waals surface area contributed by atoms with Crippen molar-refractivity contribution in [3.63, 3.8) is 0 Å². The van der Waals surface area contributed by atoms with Gasteiger partial charge in [-0.1, -0.05) is 59.3 Å². The van der Waals surface area contributed by atoms with Crippen molar-refractivity contribution in [2.24, 2.45) is 0 Å². The second kappa shape index (κ2) is 9.13. The number of ether oxygens (including phenoxy) is 1. The summed E-state index contributed by atoms with van der Waals surface area (Å²) in [4.78, 5) is 0. The van der Waals surface area contributed by atoms with Crippen LogP contribution in [0, 0.1) is 19.7 Å². The minimum Gasteiger partial charge on any atom is -0.493 e. The van der Waals surface area contributed by atoms with Crippen molar-refractivity contribution in [1.82, 2.24) is 14.8 Å². The molecule has 0 atom stereocenters. The lowest BCUT2D eigenvalue weighted by Gasteiger charge is -2.11. The van der Waals surface area contributed by atoms with Crippen LogP contribution in [-0.2, 0) is 0 Å². The number of benzene rings is 3. The molecule has 0 saturated carbocycles. The average molecular weight is 420 g/mol. The van der Waals surface area contributed by atoms with Gasteiger partial charge in [-0.15, -0.1) is 10.2 Å². The Hall–Kier alpha value is -3.12. The van der Waals surface area contributed by atoms with Gasteiger partial charge in [-0.25, -0.2) is 4.39 Å². The normalized spacial score (nSPS) is 10.9. The second-order valence-corrected chi connectivity index (χ2v) is 8.06. The molecule has 152 valence electrons. The van der Waals surface area contributed by atoms with Gasteiger partial charge in [0.1, 0.15) is 11.6 Å². The first-order valence-corrected chi connectivity index (χ1v) is 10.7. The van der Waals surface area contributed by atoms with Gasteiger partial charge in [-0.2, -0.15) is 0 Å². The number of rotatable bonds is 7. The van der Waals surface area contributed by atoms with Gasteiger partial charge in [-0.05, 0) is 50.2 Å². The standard InChI is InChI=1S/C24H22FN3OS/c1-17-3-7-19(8-4-17)23-26-27-24(28(23)21-11-5-18(2)6-12-21)30-16-15-29-22-13-9-20(25)10-14-22/h3-14H,15-16H2,1-2H3. The van der Waals surface area contributed by atoms with Crippen LogP contribution < -0.4 is 4.74 Å². The number of aromatic nitrogens is 3. The first-order valence-electron chi connectivity index (χ1n) is 9.71. The van der Waals surface area contributed by atoms with Crippen molar-refractivity contribution in [2.45, 2.75) is 19.0 Å². The summed E-state index contributed by atoms with van der Waals surface area (Å²) in [7, 11) is 0. The molecule has 0 amide bonds. The van der Waals surface area contributed by atoms with E-state index in [1.54, 1.807) is 23.9 Å². The van der Waals surface area contributed by atoms with Gasteiger partial charge in [0.2, 0.25) is 0 Å². The van der Waals surface area contributed by atoms with E-state index in [-0.39, 0.29) is 5.82 Å². The van der Waals surface area contributed by atoms with Crippen LogP contribution in [0.1, 0.15) is 11.1 Å². The Morgan fingerprint density at radius 2 is 1.47 bits per heavy atom. The number of hydrogen-bond acceptors (Lipinski definition) is 4. The highest BCUT2D eigenvalue weighted by atomic mass is 32.2. The first-order chi connectivity index (χ1) is 14.6. The summed E-state index contributed by atoms with van der Waals surface area (Å²) in [6.07, 6.45) is 0. The van der Waals surface area contributed by atoms with Gasteiger partial charge in [0.25, 0.3) is 0 Å². The zero-order valence-electron chi connectivity index (χ0n) is 16.9. The SMILES string of the molecule is Cc1ccc(-c2nnc(SCCOc3ccc(F)cc3)n2-c2ccc(C)cc2)cc1. The third kappa shape index (κ3) is 4.71. The molecule has 0 saturated heterocycles. The second-order valence-electron chi connectivity index (χ2n) is 6.99. The van der Waals surface area contributed by atoms with Crippen LogP contribution in [-0.4, -0.2) is 27.1 Å². The fourth-order valence-corrected chi connectivity index (χ4v) is 3.77. The number of nitrogens with zero attached hydrogens (tertiary/aromatic N) is 3. The molecule has 0 aliphatic carbocycles. The van der Waals surface area contributed by atoms with E-state index in [9.17, 15) is 4.39 Å². The predicted octanol–water partition coefficient (Wildman–Crippen LogP) is 5.86. The number of aryl methyl sites for hydroxylation is 2. The summed E-state index contributed by atoms with van der Waals surface area (Å²) in [5, 5.41) is 9.71. The maximum Gasteiger partial charge on any atom is 0.196 e. The predicted molar refractivity (Wildman–Crippen MR) is 119 cm³/mol. The summed E-state index contributed by atoms with van der Waals surface area (Å²) in [5.74, 6) is 1.87. The van der Waals surface area contributed by atoms with E-state index < -0.39 is 0 Å². The van der Waals surface area contributed by atoms with E-state index >= 15 is 0 Å². The molecule has 3 aromatic carbocycles. The van der Waals surface area contributed by atoms with Gasteiger partial charge in [0.05, 0.1) is 6.61 Å². The van der Waals surface area contributed by atoms with E-state index in [0.717, 1.165) is 22.2 Å². The summed E-state index contributed by atoms with van der Waals surface area (Å²) < 4.78 is 20.8. The van der Waals surface area contributed by atoms with Crippen LogP contribution >= 0.6 is 11.8 Å². The van der Waals surface area contributed by atoms with Crippen LogP contribution in [0.4, 0.5) is 4.39 Å². The number of hydrogen-bond donors (Lipinski definition) is 0. The van der Waals surface area contributed by atoms with Crippen molar-refractivity contribution in [3.8, 4) is 22.8 Å². The molecule has 0 N–H and O–H groups in total. The van der Waals surface area contributed by atoms with Crippen LogP contribution in [0.15, 0.2) is 78.0 Å². The average Bonchev–Trinajstić information content (AvgIpc) is 3.17. The summed E-state index contributed by atoms with van der Waals surface area (Å²) >= 11 is 1.58. The zero-order valence-corrected chi connectivity index (χ0v) is 17.7. The maximum atomic E-state index is 13.0. The lowest BCUT2D eigenvalue weighted by molar-refractivity contribution is 0.343. The molecule has 0 aliphatic rings. The fourth-order valence-electron chi connectivity index (χ4n) is 3.00. The molecule has 0 fully saturated rings. The van der Waals surface area contributed by atoms with Gasteiger partial charge in [0, 0.05) is 17.0 Å². The van der Waals surface area contributed by atoms with Crippen molar-refractivity contribution in [2.75, 3.05) is 12.4 Å². The van der Waals surface area contributed by atoms with Crippen molar-refractivity contribution in [1.29, 1.82) is 0 Å². The van der Waals surface area contributed by atoms with E-state index in [4.69, 9.17) is 4.74 Å². The Morgan fingerprint density at radius 3 is 2.13 bits per heavy atom. The highest BCUT2D eigenvalue weighted by Gasteiger charge is 2.16. The number of thioether (sulfide) groups is 1. The molecule has 30 heavy (non-hydrogen) atoms. The molecule has 4 aromatic rings. The van der Waals surface area contributed by atoms with Crippen LogP contribution in [0.2, 0.25) is 0 Å². The highest BCUT2D eigenvalue weighted by molar-refractivity contribution is 7.99. The van der Waals surface area contributed by atoms with Crippen molar-refractivity contribution in [3.05, 3.63) is 89.7 Å². The fraction of sp³-hybridized carbons (Fsp3) is 0.167. The minimum atomic E-state index is -0.272. The Kier molecular flexibility index (Phi) is 6.14. The molecular formula is C24H22FN3OS. The minimum absolute atomic E-state index is 0.272. The quantitative estimate of drug-likeness (QED) is 0.278. The molecule has 1 heterocycles. The smallest absolute Gasteiger partial charge is 0.196 e. The lowest BCUT2D eigenvalue weighted by atomic mass is 10.1. The molecular weight excluding hydrogens is 397 g/mol. The Labute approximate surface area is 179 Å². The third-order valence-corrected chi connectivity index (χ3v) is 5.53. The Balaban J connectivity index is 1.55. The molecule has 0 aliphatic heterocycles. The zero-order chi connectivity index (χ0) is 20.9. The number of halogens is 1. The van der Waals surface area contributed by atoms with Gasteiger partial charge < -0.3 is 4.74 Å². The molecule has 0 bridgehead atoms. The van der Waals surface area contributed by atoms with Gasteiger partial charge >= 0.3 is 0 Å². The Bertz CT molecular complexity index is 1110. The maximum absolute atomic E-state index is 13.0. The van der Waals surface area contributed by atoms with Crippen molar-refractivity contribution < 1.29 is 9.13 Å². The van der Waals surface area contributed by atoms with E-state index in [1.807, 2.05) is 0 Å². The molecule has 0 radical (unpaired) electrons.